The van der Waals surface area contributed by atoms with Crippen LogP contribution in [0.15, 0.2) is 41.8 Å². The smallest absolute Gasteiger partial charge is 0.256 e. The lowest BCUT2D eigenvalue weighted by Crippen LogP contribution is -2.38. The quantitative estimate of drug-likeness (QED) is 0.351. The molecule has 7 nitrogen and oxygen atoms in total. The summed E-state index contributed by atoms with van der Waals surface area (Å²) in [5.74, 6) is 0.593. The number of allylic oxidation sites excluding steroid dienone is 4. The highest BCUT2D eigenvalue weighted by molar-refractivity contribution is 5.95. The Morgan fingerprint density at radius 2 is 2.04 bits per heavy atom. The Hall–Kier alpha value is -2.67. The number of pyridine rings is 1. The molecule has 1 aromatic rings. The highest BCUT2D eigenvalue weighted by Gasteiger charge is 2.12. The first-order valence-electron chi connectivity index (χ1n) is 9.34. The molecule has 0 saturated heterocycles. The van der Waals surface area contributed by atoms with Crippen LogP contribution in [0.4, 0.5) is 5.82 Å². The van der Waals surface area contributed by atoms with E-state index in [0.29, 0.717) is 31.7 Å². The van der Waals surface area contributed by atoms with Gasteiger partial charge in [-0.05, 0) is 45.0 Å². The van der Waals surface area contributed by atoms with Crippen LogP contribution in [0.25, 0.3) is 0 Å². The molecule has 7 heteroatoms. The van der Waals surface area contributed by atoms with Gasteiger partial charge in [0, 0.05) is 25.0 Å². The van der Waals surface area contributed by atoms with Crippen LogP contribution in [-0.2, 0) is 4.79 Å². The normalized spacial score (nSPS) is 12.7. The summed E-state index contributed by atoms with van der Waals surface area (Å²) in [7, 11) is 1.84. The van der Waals surface area contributed by atoms with Crippen LogP contribution in [0.1, 0.15) is 44.0 Å². The second-order valence-corrected chi connectivity index (χ2v) is 5.91. The molecule has 1 aliphatic carbocycles. The molecule has 0 saturated carbocycles. The van der Waals surface area contributed by atoms with E-state index >= 15 is 0 Å². The van der Waals surface area contributed by atoms with E-state index in [0.717, 1.165) is 24.4 Å². The molecular weight excluding hydrogens is 342 g/mol. The van der Waals surface area contributed by atoms with Crippen LogP contribution in [0.3, 0.4) is 0 Å². The van der Waals surface area contributed by atoms with Crippen LogP contribution in [0.5, 0.6) is 0 Å². The molecule has 1 aromatic heterocycles. The molecule has 0 aliphatic heterocycles. The molecule has 0 bridgehead atoms. The maximum Gasteiger partial charge on any atom is 0.256 e. The Labute approximate surface area is 161 Å². The first kappa shape index (κ1) is 22.4. The highest BCUT2D eigenvalue weighted by Crippen LogP contribution is 2.16. The van der Waals surface area contributed by atoms with E-state index in [1.54, 1.807) is 12.3 Å². The molecule has 0 atom stereocenters. The standard InChI is InChI=1S/C18H25N5O2.C2H6/c1-14-3-6-16(7-4-14)22-18(25)15-5-8-17(21-11-15)23(12-19-2)10-9-20-13-24;1-2/h3,5-6,8,11,13,19H,4,7,9-10,12H2,1-2H3,(H,20,24)(H,22,25);1-2H3. The number of hydrogen-bond acceptors (Lipinski definition) is 5. The van der Waals surface area contributed by atoms with Crippen molar-refractivity contribution >= 4 is 18.1 Å². The van der Waals surface area contributed by atoms with Crippen molar-refractivity contribution in [2.75, 3.05) is 31.7 Å². The number of rotatable bonds is 9. The average molecular weight is 374 g/mol. The van der Waals surface area contributed by atoms with Crippen LogP contribution >= 0.6 is 0 Å². The van der Waals surface area contributed by atoms with E-state index in [4.69, 9.17) is 0 Å². The van der Waals surface area contributed by atoms with Gasteiger partial charge in [0.15, 0.2) is 0 Å². The number of carbonyl (C=O) groups excluding carboxylic acids is 2. The van der Waals surface area contributed by atoms with Gasteiger partial charge in [0.25, 0.3) is 5.91 Å². The Balaban J connectivity index is 0.00000176. The zero-order valence-electron chi connectivity index (χ0n) is 16.7. The van der Waals surface area contributed by atoms with Gasteiger partial charge in [0.1, 0.15) is 5.82 Å². The fraction of sp³-hybridized carbons (Fsp3) is 0.450. The van der Waals surface area contributed by atoms with Crippen molar-refractivity contribution in [1.82, 2.24) is 20.9 Å². The summed E-state index contributed by atoms with van der Waals surface area (Å²) in [5.41, 5.74) is 2.76. The fourth-order valence-electron chi connectivity index (χ4n) is 2.49. The number of amides is 2. The molecule has 148 valence electrons. The van der Waals surface area contributed by atoms with Gasteiger partial charge >= 0.3 is 0 Å². The topological polar surface area (TPSA) is 86.4 Å². The molecule has 0 fully saturated rings. The number of hydrogen-bond donors (Lipinski definition) is 3. The van der Waals surface area contributed by atoms with Crippen molar-refractivity contribution < 1.29 is 9.59 Å². The molecule has 0 radical (unpaired) electrons. The lowest BCUT2D eigenvalue weighted by Gasteiger charge is -2.23. The van der Waals surface area contributed by atoms with Gasteiger partial charge in [-0.1, -0.05) is 25.5 Å². The van der Waals surface area contributed by atoms with Gasteiger partial charge in [0.2, 0.25) is 6.41 Å². The Morgan fingerprint density at radius 1 is 1.26 bits per heavy atom. The summed E-state index contributed by atoms with van der Waals surface area (Å²) in [6, 6.07) is 3.57. The first-order valence-corrected chi connectivity index (χ1v) is 9.34. The third-order valence-electron chi connectivity index (χ3n) is 3.92. The van der Waals surface area contributed by atoms with E-state index < -0.39 is 0 Å². The van der Waals surface area contributed by atoms with Crippen molar-refractivity contribution in [1.29, 1.82) is 0 Å². The van der Waals surface area contributed by atoms with Crippen molar-refractivity contribution in [2.45, 2.75) is 33.6 Å². The molecule has 0 unspecified atom stereocenters. The number of aromatic nitrogens is 1. The molecule has 27 heavy (non-hydrogen) atoms. The minimum atomic E-state index is -0.152. The van der Waals surface area contributed by atoms with Gasteiger partial charge in [0.05, 0.1) is 12.2 Å². The van der Waals surface area contributed by atoms with E-state index in [1.807, 2.05) is 44.0 Å². The number of anilines is 1. The van der Waals surface area contributed by atoms with Crippen LogP contribution in [0.2, 0.25) is 0 Å². The maximum absolute atomic E-state index is 12.3. The second-order valence-electron chi connectivity index (χ2n) is 5.91. The Kier molecular flexibility index (Phi) is 10.5. The number of carbonyl (C=O) groups is 2. The molecule has 0 aromatic carbocycles. The zero-order valence-corrected chi connectivity index (χ0v) is 16.7. The molecule has 1 aliphatic rings. The lowest BCUT2D eigenvalue weighted by molar-refractivity contribution is -0.109. The second kappa shape index (κ2) is 12.6. The zero-order chi connectivity index (χ0) is 20.1. The van der Waals surface area contributed by atoms with Crippen molar-refractivity contribution in [2.24, 2.45) is 0 Å². The van der Waals surface area contributed by atoms with Gasteiger partial charge in [-0.2, -0.15) is 0 Å². The van der Waals surface area contributed by atoms with Gasteiger partial charge in [-0.3, -0.25) is 9.59 Å². The van der Waals surface area contributed by atoms with Crippen molar-refractivity contribution in [3.8, 4) is 0 Å². The number of nitrogens with zero attached hydrogens (tertiary/aromatic N) is 2. The fourth-order valence-corrected chi connectivity index (χ4v) is 2.49. The first-order chi connectivity index (χ1) is 13.1. The molecule has 2 rings (SSSR count). The summed E-state index contributed by atoms with van der Waals surface area (Å²) in [4.78, 5) is 29.1. The molecule has 0 spiro atoms. The van der Waals surface area contributed by atoms with Crippen LogP contribution < -0.4 is 20.9 Å². The molecule has 3 N–H and O–H groups in total. The van der Waals surface area contributed by atoms with E-state index in [-0.39, 0.29) is 5.91 Å². The monoisotopic (exact) mass is 373 g/mol. The van der Waals surface area contributed by atoms with Crippen LogP contribution in [0, 0.1) is 0 Å². The largest absolute Gasteiger partial charge is 0.357 e. The predicted molar refractivity (Wildman–Crippen MR) is 109 cm³/mol. The average Bonchev–Trinajstić information content (AvgIpc) is 2.71. The molecular formula is C20H31N5O2. The summed E-state index contributed by atoms with van der Waals surface area (Å²) < 4.78 is 0. The van der Waals surface area contributed by atoms with Crippen molar-refractivity contribution in [3.05, 3.63) is 47.3 Å². The summed E-state index contributed by atoms with van der Waals surface area (Å²) in [6.07, 6.45) is 8.05. The Bertz CT molecular complexity index is 653. The van der Waals surface area contributed by atoms with Gasteiger partial charge < -0.3 is 20.9 Å². The summed E-state index contributed by atoms with van der Waals surface area (Å²) in [5, 5.41) is 8.63. The third-order valence-corrected chi connectivity index (χ3v) is 3.92. The van der Waals surface area contributed by atoms with Gasteiger partial charge in [-0.25, -0.2) is 4.98 Å². The predicted octanol–water partition coefficient (Wildman–Crippen LogP) is 2.19. The van der Waals surface area contributed by atoms with E-state index in [2.05, 4.69) is 27.9 Å². The Morgan fingerprint density at radius 3 is 2.59 bits per heavy atom. The highest BCUT2D eigenvalue weighted by atomic mass is 16.1. The summed E-state index contributed by atoms with van der Waals surface area (Å²) >= 11 is 0. The van der Waals surface area contributed by atoms with E-state index in [9.17, 15) is 9.59 Å². The lowest BCUT2D eigenvalue weighted by atomic mass is 10.0. The van der Waals surface area contributed by atoms with Gasteiger partial charge in [-0.15, -0.1) is 0 Å². The third kappa shape index (κ3) is 7.62. The minimum Gasteiger partial charge on any atom is -0.357 e. The van der Waals surface area contributed by atoms with E-state index in [1.165, 1.54) is 5.57 Å². The van der Waals surface area contributed by atoms with Crippen molar-refractivity contribution in [3.63, 3.8) is 0 Å². The van der Waals surface area contributed by atoms with Crippen LogP contribution in [-0.4, -0.2) is 44.1 Å². The maximum atomic E-state index is 12.3. The minimum absolute atomic E-state index is 0.152. The SMILES string of the molecule is CC.CNCN(CCNC=O)c1ccc(C(=O)NC2=CC=C(C)CC2)cn1. The molecule has 2 amide bonds. The summed E-state index contributed by atoms with van der Waals surface area (Å²) in [6.45, 7) is 7.82. The number of nitrogens with one attached hydrogen (secondary N) is 3. The molecule has 1 heterocycles.